The summed E-state index contributed by atoms with van der Waals surface area (Å²) in [5, 5.41) is 13.6. The van der Waals surface area contributed by atoms with E-state index in [9.17, 15) is 19.5 Å². The van der Waals surface area contributed by atoms with Crippen molar-refractivity contribution in [1.29, 1.82) is 0 Å². The number of nitrogens with one attached hydrogen (secondary N) is 1. The van der Waals surface area contributed by atoms with E-state index in [2.05, 4.69) is 5.32 Å². The molecule has 10 heteroatoms. The first-order valence-corrected chi connectivity index (χ1v) is 10.8. The molecule has 1 atom stereocenters. The molecule has 0 aliphatic rings. The molecule has 2 heterocycles. The van der Waals surface area contributed by atoms with Crippen molar-refractivity contribution in [1.82, 2.24) is 14.0 Å². The molecule has 0 amide bonds. The van der Waals surface area contributed by atoms with Gasteiger partial charge in [-0.25, -0.2) is 4.79 Å². The Hall–Kier alpha value is -3.37. The Morgan fingerprint density at radius 3 is 2.67 bits per heavy atom. The third kappa shape index (κ3) is 5.52. The highest BCUT2D eigenvalue weighted by Gasteiger charge is 2.13. The van der Waals surface area contributed by atoms with Crippen molar-refractivity contribution < 1.29 is 14.3 Å². The molecule has 0 radical (unpaired) electrons. The lowest BCUT2D eigenvalue weighted by Crippen LogP contribution is -2.40. The lowest BCUT2D eigenvalue weighted by atomic mass is 10.1. The zero-order valence-electron chi connectivity index (χ0n) is 19.3. The molecule has 10 nitrogen and oxygen atoms in total. The first-order valence-electron chi connectivity index (χ1n) is 10.8. The predicted molar refractivity (Wildman–Crippen MR) is 126 cm³/mol. The fourth-order valence-corrected chi connectivity index (χ4v) is 3.52. The van der Waals surface area contributed by atoms with Gasteiger partial charge in [0.05, 0.1) is 12.9 Å². The molecular weight excluding hydrogens is 428 g/mol. The van der Waals surface area contributed by atoms with Gasteiger partial charge in [0.1, 0.15) is 28.8 Å². The molecule has 0 fully saturated rings. The van der Waals surface area contributed by atoms with E-state index < -0.39 is 11.9 Å². The van der Waals surface area contributed by atoms with Crippen LogP contribution >= 0.6 is 0 Å². The van der Waals surface area contributed by atoms with Crippen molar-refractivity contribution in [3.63, 3.8) is 0 Å². The second kappa shape index (κ2) is 10.5. The van der Waals surface area contributed by atoms with Crippen LogP contribution in [-0.4, -0.2) is 51.6 Å². The van der Waals surface area contributed by atoms with Crippen LogP contribution in [0.15, 0.2) is 49.3 Å². The molecule has 1 unspecified atom stereocenters. The lowest BCUT2D eigenvalue weighted by molar-refractivity contribution is 0.0186. The van der Waals surface area contributed by atoms with E-state index in [0.717, 1.165) is 4.57 Å². The second-order valence-electron chi connectivity index (χ2n) is 7.94. The first kappa shape index (κ1) is 24.3. The number of hydrogen-bond donors (Lipinski definition) is 2. The van der Waals surface area contributed by atoms with E-state index in [-0.39, 0.29) is 11.0 Å². The Morgan fingerprint density at radius 1 is 1.18 bits per heavy atom. The zero-order valence-corrected chi connectivity index (χ0v) is 19.3. The number of aromatic nitrogens is 2. The van der Waals surface area contributed by atoms with Gasteiger partial charge in [-0.3, -0.25) is 23.6 Å². The molecule has 178 valence electrons. The number of anilines is 1. The number of benzene rings is 1. The van der Waals surface area contributed by atoms with Crippen LogP contribution in [0.2, 0.25) is 0 Å². The fraction of sp³-hybridized carbons (Fsp3) is 0.435. The number of aliphatic hydroxyl groups excluding tert-OH is 1. The molecule has 0 aliphatic carbocycles. The van der Waals surface area contributed by atoms with Gasteiger partial charge in [-0.1, -0.05) is 6.07 Å². The molecule has 2 aromatic heterocycles. The average Bonchev–Trinajstić information content (AvgIpc) is 2.79. The van der Waals surface area contributed by atoms with E-state index in [1.807, 2.05) is 4.90 Å². The molecule has 3 rings (SSSR count). The van der Waals surface area contributed by atoms with Crippen molar-refractivity contribution in [2.75, 3.05) is 31.6 Å². The Morgan fingerprint density at radius 2 is 1.94 bits per heavy atom. The number of nitrogens with zero attached hydrogens (tertiary/aromatic N) is 3. The number of rotatable bonds is 10. The van der Waals surface area contributed by atoms with Gasteiger partial charge in [0.15, 0.2) is 5.43 Å². The van der Waals surface area contributed by atoms with E-state index in [0.29, 0.717) is 60.8 Å². The average molecular weight is 459 g/mol. The van der Waals surface area contributed by atoms with Gasteiger partial charge in [-0.15, -0.1) is 0 Å². The molecule has 0 aliphatic heterocycles. The number of fused-ring (bicyclic) bond motifs is 1. The van der Waals surface area contributed by atoms with E-state index in [1.165, 1.54) is 23.9 Å². The minimum Gasteiger partial charge on any atom is -0.493 e. The lowest BCUT2D eigenvalue weighted by Gasteiger charge is -2.25. The zero-order chi connectivity index (χ0) is 24.1. The minimum absolute atomic E-state index is 0.117. The van der Waals surface area contributed by atoms with Gasteiger partial charge >= 0.3 is 5.69 Å². The maximum Gasteiger partial charge on any atom is 0.332 e. The molecule has 0 bridgehead atoms. The van der Waals surface area contributed by atoms with Crippen molar-refractivity contribution in [2.24, 2.45) is 14.1 Å². The van der Waals surface area contributed by atoms with Gasteiger partial charge in [-0.05, 0) is 32.4 Å². The number of hydrogen-bond acceptors (Lipinski definition) is 8. The van der Waals surface area contributed by atoms with Crippen LogP contribution in [0, 0.1) is 6.92 Å². The summed E-state index contributed by atoms with van der Waals surface area (Å²) in [6.07, 6.45) is 1.36. The number of ether oxygens (including phenoxy) is 1. The van der Waals surface area contributed by atoms with Gasteiger partial charge in [0.2, 0.25) is 0 Å². The smallest absolute Gasteiger partial charge is 0.332 e. The summed E-state index contributed by atoms with van der Waals surface area (Å²) in [5.74, 6) is 0.892. The molecule has 0 saturated carbocycles. The largest absolute Gasteiger partial charge is 0.493 e. The summed E-state index contributed by atoms with van der Waals surface area (Å²) in [6, 6.07) is 6.60. The SMILES string of the molecule is Cc1coc2cccc(OCCCN(CCNc3cc(=O)n(C)c(=O)n3C)C(C)O)c2c1=O. The summed E-state index contributed by atoms with van der Waals surface area (Å²) < 4.78 is 13.7. The predicted octanol–water partition coefficient (Wildman–Crippen LogP) is 1.02. The van der Waals surface area contributed by atoms with Crippen molar-refractivity contribution in [3.05, 3.63) is 67.2 Å². The third-order valence-corrected chi connectivity index (χ3v) is 5.54. The van der Waals surface area contributed by atoms with Gasteiger partial charge in [0.25, 0.3) is 5.56 Å². The van der Waals surface area contributed by atoms with Gasteiger partial charge in [0, 0.05) is 45.4 Å². The summed E-state index contributed by atoms with van der Waals surface area (Å²) in [6.45, 7) is 5.18. The molecule has 3 aromatic rings. The van der Waals surface area contributed by atoms with Crippen LogP contribution < -0.4 is 26.7 Å². The van der Waals surface area contributed by atoms with Crippen LogP contribution in [0.4, 0.5) is 5.82 Å². The Kier molecular flexibility index (Phi) is 7.72. The van der Waals surface area contributed by atoms with Crippen molar-refractivity contribution in [3.8, 4) is 5.75 Å². The van der Waals surface area contributed by atoms with E-state index in [1.54, 1.807) is 39.1 Å². The third-order valence-electron chi connectivity index (χ3n) is 5.54. The summed E-state index contributed by atoms with van der Waals surface area (Å²) in [7, 11) is 3.01. The number of aryl methyl sites for hydroxylation is 1. The quantitative estimate of drug-likeness (QED) is 0.341. The maximum absolute atomic E-state index is 12.5. The number of aliphatic hydroxyl groups is 1. The van der Waals surface area contributed by atoms with Crippen LogP contribution in [0.25, 0.3) is 11.0 Å². The topological polar surface area (TPSA) is 119 Å². The highest BCUT2D eigenvalue weighted by Crippen LogP contribution is 2.23. The van der Waals surface area contributed by atoms with Crippen LogP contribution in [-0.2, 0) is 14.1 Å². The van der Waals surface area contributed by atoms with Gasteiger partial charge in [-0.2, -0.15) is 0 Å². The first-order chi connectivity index (χ1) is 15.7. The monoisotopic (exact) mass is 458 g/mol. The standard InChI is InChI=1S/C23H30N4O6/c1-15-14-33-18-8-5-7-17(21(18)22(15)30)32-12-6-10-27(16(2)28)11-9-24-19-13-20(29)26(4)23(31)25(19)3/h5,7-8,13-14,16,24,28H,6,9-12H2,1-4H3. The fourth-order valence-electron chi connectivity index (χ4n) is 3.52. The molecule has 2 N–H and O–H groups in total. The molecule has 33 heavy (non-hydrogen) atoms. The molecular formula is C23H30N4O6. The van der Waals surface area contributed by atoms with Crippen molar-refractivity contribution >= 4 is 16.8 Å². The van der Waals surface area contributed by atoms with Crippen LogP contribution in [0.5, 0.6) is 5.75 Å². The Labute approximate surface area is 190 Å². The molecule has 1 aromatic carbocycles. The minimum atomic E-state index is -0.688. The Balaban J connectivity index is 1.55. The van der Waals surface area contributed by atoms with Gasteiger partial charge < -0.3 is 19.6 Å². The van der Waals surface area contributed by atoms with E-state index in [4.69, 9.17) is 9.15 Å². The second-order valence-corrected chi connectivity index (χ2v) is 7.94. The van der Waals surface area contributed by atoms with Crippen LogP contribution in [0.3, 0.4) is 0 Å². The molecule has 0 spiro atoms. The highest BCUT2D eigenvalue weighted by atomic mass is 16.5. The molecule has 0 saturated heterocycles. The van der Waals surface area contributed by atoms with E-state index >= 15 is 0 Å². The highest BCUT2D eigenvalue weighted by molar-refractivity contribution is 5.83. The summed E-state index contributed by atoms with van der Waals surface area (Å²) in [5.41, 5.74) is 0.0775. The van der Waals surface area contributed by atoms with Crippen molar-refractivity contribution in [2.45, 2.75) is 26.5 Å². The normalized spacial score (nSPS) is 12.3. The Bertz CT molecular complexity index is 1290. The summed E-state index contributed by atoms with van der Waals surface area (Å²) >= 11 is 0. The maximum atomic E-state index is 12.5. The van der Waals surface area contributed by atoms with Crippen LogP contribution in [0.1, 0.15) is 18.9 Å². The summed E-state index contributed by atoms with van der Waals surface area (Å²) in [4.78, 5) is 38.2.